The molecule has 3 nitrogen and oxygen atoms in total. The molecule has 1 saturated heterocycles. The van der Waals surface area contributed by atoms with Crippen LogP contribution in [0.3, 0.4) is 0 Å². The third-order valence-electron chi connectivity index (χ3n) is 2.69. The van der Waals surface area contributed by atoms with Crippen molar-refractivity contribution in [3.63, 3.8) is 0 Å². The Morgan fingerprint density at radius 3 is 2.11 bits per heavy atom. The standard InChI is InChI=1S/C9H12F6N2O/c1-5-4-16-2-3-17(5)7(18)6(8(10,11)12)9(13,14)15/h5-6,16H,2-4H2,1H3/t5-/m1/s1. The molecule has 0 radical (unpaired) electrons. The molecule has 1 amide bonds. The van der Waals surface area contributed by atoms with E-state index in [1.54, 1.807) is 0 Å². The number of carbonyl (C=O) groups is 1. The predicted molar refractivity (Wildman–Crippen MR) is 49.6 cm³/mol. The van der Waals surface area contributed by atoms with Gasteiger partial charge >= 0.3 is 12.4 Å². The molecule has 0 aliphatic carbocycles. The van der Waals surface area contributed by atoms with Gasteiger partial charge < -0.3 is 10.2 Å². The van der Waals surface area contributed by atoms with E-state index in [2.05, 4.69) is 5.32 Å². The Bertz CT molecular complexity index is 299. The Morgan fingerprint density at radius 1 is 1.22 bits per heavy atom. The smallest absolute Gasteiger partial charge is 0.337 e. The summed E-state index contributed by atoms with van der Waals surface area (Å²) in [5.41, 5.74) is 0. The Hall–Kier alpha value is -0.990. The highest BCUT2D eigenvalue weighted by Gasteiger charge is 2.62. The molecule has 1 rings (SSSR count). The van der Waals surface area contributed by atoms with Gasteiger partial charge in [-0.05, 0) is 6.92 Å². The number of amides is 1. The number of hydrogen-bond acceptors (Lipinski definition) is 2. The topological polar surface area (TPSA) is 32.3 Å². The molecule has 0 aromatic heterocycles. The highest BCUT2D eigenvalue weighted by Crippen LogP contribution is 2.40. The van der Waals surface area contributed by atoms with Crippen molar-refractivity contribution in [3.05, 3.63) is 0 Å². The molecule has 106 valence electrons. The lowest BCUT2D eigenvalue weighted by molar-refractivity contribution is -0.278. The van der Waals surface area contributed by atoms with Crippen molar-refractivity contribution in [1.82, 2.24) is 10.2 Å². The van der Waals surface area contributed by atoms with Gasteiger partial charge in [-0.1, -0.05) is 0 Å². The van der Waals surface area contributed by atoms with Gasteiger partial charge in [0.25, 0.3) is 0 Å². The summed E-state index contributed by atoms with van der Waals surface area (Å²) >= 11 is 0. The van der Waals surface area contributed by atoms with Gasteiger partial charge in [0.05, 0.1) is 0 Å². The van der Waals surface area contributed by atoms with Gasteiger partial charge in [0.2, 0.25) is 11.8 Å². The average molecular weight is 278 g/mol. The van der Waals surface area contributed by atoms with Crippen LogP contribution in [0.15, 0.2) is 0 Å². The van der Waals surface area contributed by atoms with E-state index in [-0.39, 0.29) is 19.6 Å². The van der Waals surface area contributed by atoms with Gasteiger partial charge in [0.15, 0.2) is 0 Å². The Kier molecular flexibility index (Phi) is 4.14. The van der Waals surface area contributed by atoms with Crippen molar-refractivity contribution in [1.29, 1.82) is 0 Å². The molecule has 18 heavy (non-hydrogen) atoms. The van der Waals surface area contributed by atoms with E-state index in [1.807, 2.05) is 0 Å². The average Bonchev–Trinajstić information content (AvgIpc) is 2.13. The van der Waals surface area contributed by atoms with E-state index in [9.17, 15) is 31.1 Å². The normalized spacial score (nSPS) is 22.4. The van der Waals surface area contributed by atoms with Crippen LogP contribution < -0.4 is 5.32 Å². The van der Waals surface area contributed by atoms with Gasteiger partial charge in [-0.15, -0.1) is 0 Å². The molecule has 0 aromatic rings. The lowest BCUT2D eigenvalue weighted by Crippen LogP contribution is -2.58. The number of carbonyl (C=O) groups excluding carboxylic acids is 1. The van der Waals surface area contributed by atoms with Crippen LogP contribution in [0, 0.1) is 5.92 Å². The van der Waals surface area contributed by atoms with E-state index >= 15 is 0 Å². The minimum absolute atomic E-state index is 0.164. The zero-order chi connectivity index (χ0) is 14.1. The highest BCUT2D eigenvalue weighted by molar-refractivity contribution is 5.81. The fourth-order valence-corrected chi connectivity index (χ4v) is 1.80. The van der Waals surface area contributed by atoms with Crippen molar-refractivity contribution in [3.8, 4) is 0 Å². The Morgan fingerprint density at radius 2 is 1.72 bits per heavy atom. The van der Waals surface area contributed by atoms with Crippen LogP contribution in [0.1, 0.15) is 6.92 Å². The summed E-state index contributed by atoms with van der Waals surface area (Å²) in [5, 5.41) is 2.78. The Balaban J connectivity index is 2.96. The van der Waals surface area contributed by atoms with Gasteiger partial charge in [-0.2, -0.15) is 26.3 Å². The SMILES string of the molecule is C[C@@H]1CNCCN1C(=O)C(C(F)(F)F)C(F)(F)F. The van der Waals surface area contributed by atoms with Gasteiger partial charge in [-0.3, -0.25) is 4.79 Å². The first-order chi connectivity index (χ1) is 8.05. The molecule has 0 saturated carbocycles. The van der Waals surface area contributed by atoms with E-state index in [0.29, 0.717) is 4.90 Å². The van der Waals surface area contributed by atoms with Gasteiger partial charge in [0, 0.05) is 25.7 Å². The number of alkyl halides is 6. The monoisotopic (exact) mass is 278 g/mol. The fourth-order valence-electron chi connectivity index (χ4n) is 1.80. The zero-order valence-electron chi connectivity index (χ0n) is 9.40. The summed E-state index contributed by atoms with van der Waals surface area (Å²) < 4.78 is 74.2. The Labute approximate surface area is 99.1 Å². The molecule has 1 aliphatic heterocycles. The van der Waals surface area contributed by atoms with Crippen LogP contribution >= 0.6 is 0 Å². The first-order valence-corrected chi connectivity index (χ1v) is 5.19. The molecule has 9 heteroatoms. The van der Waals surface area contributed by atoms with Crippen molar-refractivity contribution < 1.29 is 31.1 Å². The van der Waals surface area contributed by atoms with Crippen LogP contribution in [-0.4, -0.2) is 48.8 Å². The molecule has 0 aromatic carbocycles. The van der Waals surface area contributed by atoms with Crippen LogP contribution in [0.25, 0.3) is 0 Å². The molecule has 0 bridgehead atoms. The molecule has 1 fully saturated rings. The summed E-state index contributed by atoms with van der Waals surface area (Å²) in [7, 11) is 0. The summed E-state index contributed by atoms with van der Waals surface area (Å²) in [5.74, 6) is -5.87. The summed E-state index contributed by atoms with van der Waals surface area (Å²) in [6, 6.07) is -0.696. The number of piperazine rings is 1. The number of hydrogen-bond donors (Lipinski definition) is 1. The maximum absolute atomic E-state index is 12.4. The summed E-state index contributed by atoms with van der Waals surface area (Å²) in [6.07, 6.45) is -11.3. The minimum Gasteiger partial charge on any atom is -0.337 e. The third-order valence-corrected chi connectivity index (χ3v) is 2.69. The molecular formula is C9H12F6N2O. The van der Waals surface area contributed by atoms with Crippen LogP contribution in [0.4, 0.5) is 26.3 Å². The number of rotatable bonds is 1. The highest BCUT2D eigenvalue weighted by atomic mass is 19.4. The van der Waals surface area contributed by atoms with Gasteiger partial charge in [-0.25, -0.2) is 0 Å². The lowest BCUT2D eigenvalue weighted by Gasteiger charge is -2.37. The summed E-state index contributed by atoms with van der Waals surface area (Å²) in [4.78, 5) is 12.1. The third kappa shape index (κ3) is 3.27. The van der Waals surface area contributed by atoms with Crippen molar-refractivity contribution in [2.24, 2.45) is 5.92 Å². The number of nitrogens with zero attached hydrogens (tertiary/aromatic N) is 1. The van der Waals surface area contributed by atoms with Crippen molar-refractivity contribution in [2.45, 2.75) is 25.3 Å². The number of nitrogens with one attached hydrogen (secondary N) is 1. The van der Waals surface area contributed by atoms with E-state index < -0.39 is 30.2 Å². The fraction of sp³-hybridized carbons (Fsp3) is 0.889. The van der Waals surface area contributed by atoms with E-state index in [0.717, 1.165) is 0 Å². The molecule has 1 atom stereocenters. The first kappa shape index (κ1) is 15.1. The van der Waals surface area contributed by atoms with Crippen molar-refractivity contribution in [2.75, 3.05) is 19.6 Å². The van der Waals surface area contributed by atoms with E-state index in [1.165, 1.54) is 6.92 Å². The quantitative estimate of drug-likeness (QED) is 0.738. The van der Waals surface area contributed by atoms with E-state index in [4.69, 9.17) is 0 Å². The molecule has 0 spiro atoms. The number of halogens is 6. The minimum atomic E-state index is -5.63. The van der Waals surface area contributed by atoms with Crippen molar-refractivity contribution >= 4 is 5.91 Å². The molecule has 0 unspecified atom stereocenters. The zero-order valence-corrected chi connectivity index (χ0v) is 9.40. The summed E-state index contributed by atoms with van der Waals surface area (Å²) in [6.45, 7) is 1.59. The first-order valence-electron chi connectivity index (χ1n) is 5.19. The second-order valence-electron chi connectivity index (χ2n) is 4.10. The van der Waals surface area contributed by atoms with Crippen LogP contribution in [-0.2, 0) is 4.79 Å². The lowest BCUT2D eigenvalue weighted by atomic mass is 10.0. The van der Waals surface area contributed by atoms with Crippen LogP contribution in [0.2, 0.25) is 0 Å². The van der Waals surface area contributed by atoms with Crippen LogP contribution in [0.5, 0.6) is 0 Å². The molecule has 1 aliphatic rings. The molecular weight excluding hydrogens is 266 g/mol. The van der Waals surface area contributed by atoms with Gasteiger partial charge in [0.1, 0.15) is 0 Å². The maximum Gasteiger partial charge on any atom is 0.409 e. The molecule has 1 heterocycles. The molecule has 1 N–H and O–H groups in total. The largest absolute Gasteiger partial charge is 0.409 e. The maximum atomic E-state index is 12.4. The second-order valence-corrected chi connectivity index (χ2v) is 4.10. The predicted octanol–water partition coefficient (Wildman–Crippen LogP) is 1.55. The second kappa shape index (κ2) is 4.94.